The number of nitrogens with zero attached hydrogens (tertiary/aromatic N) is 1. The van der Waals surface area contributed by atoms with Crippen molar-refractivity contribution in [1.82, 2.24) is 10.3 Å². The molecule has 0 radical (unpaired) electrons. The Morgan fingerprint density at radius 3 is 2.81 bits per heavy atom. The highest BCUT2D eigenvalue weighted by Gasteiger charge is 2.13. The molecule has 4 nitrogen and oxygen atoms in total. The standard InChI is InChI=1S/C11H13ClN2O2/c12-9-5-8(11(15)16)6-14-10(9)7-1-3-13-4-2-7/h1,5-6,11,13,15-16H,2-4H2. The molecule has 0 bridgehead atoms. The molecule has 3 N–H and O–H groups in total. The van der Waals surface area contributed by atoms with Gasteiger partial charge < -0.3 is 15.5 Å². The zero-order chi connectivity index (χ0) is 11.5. The molecule has 2 rings (SSSR count). The fraction of sp³-hybridized carbons (Fsp3) is 0.364. The van der Waals surface area contributed by atoms with Crippen LogP contribution >= 0.6 is 11.6 Å². The molecule has 0 amide bonds. The van der Waals surface area contributed by atoms with E-state index in [-0.39, 0.29) is 0 Å². The Balaban J connectivity index is 2.32. The number of halogens is 1. The minimum Gasteiger partial charge on any atom is -0.364 e. The lowest BCUT2D eigenvalue weighted by Gasteiger charge is -2.15. The monoisotopic (exact) mass is 240 g/mol. The van der Waals surface area contributed by atoms with Crippen LogP contribution in [0.25, 0.3) is 5.57 Å². The number of aliphatic hydroxyl groups is 2. The zero-order valence-corrected chi connectivity index (χ0v) is 9.41. The van der Waals surface area contributed by atoms with E-state index in [1.807, 2.05) is 6.08 Å². The molecule has 16 heavy (non-hydrogen) atoms. The Labute approximate surface area is 98.6 Å². The lowest BCUT2D eigenvalue weighted by molar-refractivity contribution is -0.0427. The first-order valence-electron chi connectivity index (χ1n) is 5.10. The lowest BCUT2D eigenvalue weighted by atomic mass is 10.0. The average Bonchev–Trinajstić information content (AvgIpc) is 2.30. The summed E-state index contributed by atoms with van der Waals surface area (Å²) in [5.74, 6) is 0. The van der Waals surface area contributed by atoms with Gasteiger partial charge in [0.05, 0.1) is 10.7 Å². The van der Waals surface area contributed by atoms with Gasteiger partial charge in [0.2, 0.25) is 0 Å². The second-order valence-corrected chi connectivity index (χ2v) is 4.06. The van der Waals surface area contributed by atoms with Crippen LogP contribution in [0.5, 0.6) is 0 Å². The van der Waals surface area contributed by atoms with Crippen LogP contribution in [-0.2, 0) is 0 Å². The average molecular weight is 241 g/mol. The highest BCUT2D eigenvalue weighted by molar-refractivity contribution is 6.32. The summed E-state index contributed by atoms with van der Waals surface area (Å²) in [4.78, 5) is 4.18. The number of aromatic nitrogens is 1. The Morgan fingerprint density at radius 2 is 2.25 bits per heavy atom. The van der Waals surface area contributed by atoms with Crippen LogP contribution in [0.15, 0.2) is 18.3 Å². The molecule has 5 heteroatoms. The fourth-order valence-electron chi connectivity index (χ4n) is 1.67. The molecule has 0 spiro atoms. The van der Waals surface area contributed by atoms with Gasteiger partial charge in [-0.3, -0.25) is 4.98 Å². The Kier molecular flexibility index (Phi) is 3.56. The minimum atomic E-state index is -1.53. The predicted octanol–water partition coefficient (Wildman–Crippen LogP) is 1.09. The van der Waals surface area contributed by atoms with Crippen molar-refractivity contribution in [2.75, 3.05) is 13.1 Å². The third-order valence-electron chi connectivity index (χ3n) is 2.53. The smallest absolute Gasteiger partial charge is 0.180 e. The van der Waals surface area contributed by atoms with Crippen molar-refractivity contribution in [2.45, 2.75) is 12.7 Å². The molecule has 0 aromatic carbocycles. The highest BCUT2D eigenvalue weighted by atomic mass is 35.5. The van der Waals surface area contributed by atoms with Gasteiger partial charge >= 0.3 is 0 Å². The largest absolute Gasteiger partial charge is 0.364 e. The molecule has 0 saturated heterocycles. The molecule has 0 fully saturated rings. The molecule has 1 aliphatic rings. The Morgan fingerprint density at radius 1 is 1.44 bits per heavy atom. The van der Waals surface area contributed by atoms with Crippen molar-refractivity contribution in [1.29, 1.82) is 0 Å². The van der Waals surface area contributed by atoms with Crippen LogP contribution in [0.3, 0.4) is 0 Å². The second kappa shape index (κ2) is 4.93. The van der Waals surface area contributed by atoms with Gasteiger partial charge in [0.1, 0.15) is 0 Å². The van der Waals surface area contributed by atoms with Gasteiger partial charge in [0, 0.05) is 18.3 Å². The van der Waals surface area contributed by atoms with E-state index < -0.39 is 6.29 Å². The van der Waals surface area contributed by atoms with Gasteiger partial charge in [-0.15, -0.1) is 0 Å². The van der Waals surface area contributed by atoms with E-state index >= 15 is 0 Å². The molecule has 0 unspecified atom stereocenters. The third-order valence-corrected chi connectivity index (χ3v) is 2.82. The summed E-state index contributed by atoms with van der Waals surface area (Å²) in [5, 5.41) is 21.6. The molecule has 1 aliphatic heterocycles. The third kappa shape index (κ3) is 2.41. The first-order chi connectivity index (χ1) is 7.68. The van der Waals surface area contributed by atoms with Gasteiger partial charge in [-0.1, -0.05) is 17.7 Å². The van der Waals surface area contributed by atoms with Crippen LogP contribution in [0, 0.1) is 0 Å². The minimum absolute atomic E-state index is 0.309. The van der Waals surface area contributed by atoms with Crippen LogP contribution in [-0.4, -0.2) is 28.3 Å². The Bertz CT molecular complexity index is 418. The van der Waals surface area contributed by atoms with Gasteiger partial charge in [-0.2, -0.15) is 0 Å². The summed E-state index contributed by atoms with van der Waals surface area (Å²) in [5.41, 5.74) is 2.14. The summed E-state index contributed by atoms with van der Waals surface area (Å²) in [6.07, 6.45) is 2.84. The lowest BCUT2D eigenvalue weighted by Crippen LogP contribution is -2.20. The van der Waals surface area contributed by atoms with Crippen molar-refractivity contribution in [3.05, 3.63) is 34.6 Å². The first kappa shape index (κ1) is 11.5. The maximum atomic E-state index is 8.98. The fourth-order valence-corrected chi connectivity index (χ4v) is 1.96. The molecule has 86 valence electrons. The van der Waals surface area contributed by atoms with Crippen LogP contribution in [0.2, 0.25) is 5.02 Å². The van der Waals surface area contributed by atoms with E-state index in [9.17, 15) is 0 Å². The summed E-state index contributed by atoms with van der Waals surface area (Å²) in [6, 6.07) is 1.54. The van der Waals surface area contributed by atoms with Crippen molar-refractivity contribution in [2.24, 2.45) is 0 Å². The van der Waals surface area contributed by atoms with Crippen molar-refractivity contribution < 1.29 is 10.2 Å². The number of nitrogens with one attached hydrogen (secondary N) is 1. The van der Waals surface area contributed by atoms with Crippen molar-refractivity contribution in [3.8, 4) is 0 Å². The quantitative estimate of drug-likeness (QED) is 0.678. The van der Waals surface area contributed by atoms with E-state index in [0.29, 0.717) is 10.6 Å². The molecule has 0 aliphatic carbocycles. The number of hydrogen-bond donors (Lipinski definition) is 3. The summed E-state index contributed by atoms with van der Waals surface area (Å²) >= 11 is 6.06. The van der Waals surface area contributed by atoms with Gasteiger partial charge in [0.25, 0.3) is 0 Å². The molecule has 0 atom stereocenters. The maximum Gasteiger partial charge on any atom is 0.180 e. The molecule has 1 aromatic rings. The van der Waals surface area contributed by atoms with E-state index in [1.54, 1.807) is 0 Å². The summed E-state index contributed by atoms with van der Waals surface area (Å²) in [7, 11) is 0. The summed E-state index contributed by atoms with van der Waals surface area (Å²) in [6.45, 7) is 1.73. The number of pyridine rings is 1. The molecular formula is C11H13ClN2O2. The first-order valence-corrected chi connectivity index (χ1v) is 5.48. The van der Waals surface area contributed by atoms with Gasteiger partial charge in [0.15, 0.2) is 6.29 Å². The molecule has 0 saturated carbocycles. The van der Waals surface area contributed by atoms with Crippen LogP contribution < -0.4 is 5.32 Å². The van der Waals surface area contributed by atoms with E-state index in [1.165, 1.54) is 12.3 Å². The SMILES string of the molecule is OC(O)c1cnc(C2=CCNCC2)c(Cl)c1. The number of rotatable bonds is 2. The predicted molar refractivity (Wildman–Crippen MR) is 61.9 cm³/mol. The number of hydrogen-bond acceptors (Lipinski definition) is 4. The highest BCUT2D eigenvalue weighted by Crippen LogP contribution is 2.26. The van der Waals surface area contributed by atoms with E-state index in [4.69, 9.17) is 21.8 Å². The maximum absolute atomic E-state index is 8.98. The van der Waals surface area contributed by atoms with Crippen LogP contribution in [0.1, 0.15) is 24.0 Å². The Hall–Kier alpha value is -0.940. The molecular weight excluding hydrogens is 228 g/mol. The molecule has 2 heterocycles. The number of aliphatic hydroxyl groups excluding tert-OH is 1. The van der Waals surface area contributed by atoms with E-state index in [2.05, 4.69) is 10.3 Å². The van der Waals surface area contributed by atoms with Crippen molar-refractivity contribution in [3.63, 3.8) is 0 Å². The van der Waals surface area contributed by atoms with Crippen molar-refractivity contribution >= 4 is 17.2 Å². The summed E-state index contributed by atoms with van der Waals surface area (Å²) < 4.78 is 0. The van der Waals surface area contributed by atoms with Gasteiger partial charge in [-0.25, -0.2) is 0 Å². The molecule has 1 aromatic heterocycles. The topological polar surface area (TPSA) is 65.4 Å². The van der Waals surface area contributed by atoms with Gasteiger partial charge in [-0.05, 0) is 24.6 Å². The van der Waals surface area contributed by atoms with Crippen LogP contribution in [0.4, 0.5) is 0 Å². The normalized spacial score (nSPS) is 16.4. The van der Waals surface area contributed by atoms with E-state index in [0.717, 1.165) is 30.8 Å². The zero-order valence-electron chi connectivity index (χ0n) is 8.65. The second-order valence-electron chi connectivity index (χ2n) is 3.66.